The summed E-state index contributed by atoms with van der Waals surface area (Å²) in [6.07, 6.45) is -2.76. The molecule has 0 radical (unpaired) electrons. The van der Waals surface area contributed by atoms with Crippen LogP contribution in [0.4, 0.5) is 4.79 Å². The molecule has 1 amide bonds. The van der Waals surface area contributed by atoms with E-state index in [4.69, 9.17) is 10.5 Å². The van der Waals surface area contributed by atoms with Crippen molar-refractivity contribution in [2.24, 2.45) is 11.7 Å². The van der Waals surface area contributed by atoms with Crippen LogP contribution in [0.25, 0.3) is 0 Å². The zero-order valence-electron chi connectivity index (χ0n) is 17.5. The molecule has 9 heteroatoms. The van der Waals surface area contributed by atoms with Crippen molar-refractivity contribution in [1.82, 2.24) is 4.31 Å². The number of primary amides is 1. The Morgan fingerprint density at radius 2 is 1.65 bits per heavy atom. The largest absolute Gasteiger partial charge is 0.443 e. The number of nitrogens with two attached hydrogens (primary N) is 1. The molecular weight excluding hydrogens is 420 g/mol. The molecule has 0 aliphatic heterocycles. The molecule has 0 aliphatic carbocycles. The minimum Gasteiger partial charge on any atom is -0.443 e. The van der Waals surface area contributed by atoms with Gasteiger partial charge in [0.1, 0.15) is 12.2 Å². The molecular formula is C22H30N2O6S. The van der Waals surface area contributed by atoms with E-state index in [9.17, 15) is 23.4 Å². The van der Waals surface area contributed by atoms with Gasteiger partial charge in [-0.25, -0.2) is 13.2 Å². The summed E-state index contributed by atoms with van der Waals surface area (Å²) in [5.74, 6) is -0.0990. The van der Waals surface area contributed by atoms with Gasteiger partial charge in [0.05, 0.1) is 4.90 Å². The Bertz CT molecular complexity index is 908. The Hall–Kier alpha value is -2.46. The fourth-order valence-corrected chi connectivity index (χ4v) is 4.87. The number of nitrogens with zero attached hydrogens (tertiary/aromatic N) is 1. The van der Waals surface area contributed by atoms with E-state index in [1.165, 1.54) is 16.4 Å². The minimum atomic E-state index is -3.83. The van der Waals surface area contributed by atoms with E-state index in [1.807, 2.05) is 6.92 Å². The first-order valence-electron chi connectivity index (χ1n) is 10.1. The van der Waals surface area contributed by atoms with Gasteiger partial charge in [-0.1, -0.05) is 55.5 Å². The monoisotopic (exact) mass is 450 g/mol. The van der Waals surface area contributed by atoms with Crippen LogP contribution in [-0.2, 0) is 14.8 Å². The van der Waals surface area contributed by atoms with Crippen molar-refractivity contribution in [3.8, 4) is 0 Å². The molecule has 31 heavy (non-hydrogen) atoms. The number of aliphatic hydroxyl groups excluding tert-OH is 2. The first-order chi connectivity index (χ1) is 14.8. The third kappa shape index (κ3) is 7.32. The summed E-state index contributed by atoms with van der Waals surface area (Å²) < 4.78 is 32.8. The van der Waals surface area contributed by atoms with Crippen LogP contribution in [0.5, 0.6) is 0 Å². The van der Waals surface area contributed by atoms with Gasteiger partial charge >= 0.3 is 6.09 Å². The van der Waals surface area contributed by atoms with Crippen molar-refractivity contribution >= 4 is 16.1 Å². The smallest absolute Gasteiger partial charge is 0.404 e. The molecule has 3 unspecified atom stereocenters. The number of carbonyl (C=O) groups excluding carboxylic acids is 1. The van der Waals surface area contributed by atoms with Gasteiger partial charge in [-0.05, 0) is 30.0 Å². The van der Waals surface area contributed by atoms with Crippen molar-refractivity contribution in [2.75, 3.05) is 19.7 Å². The lowest BCUT2D eigenvalue weighted by Gasteiger charge is -2.28. The van der Waals surface area contributed by atoms with Gasteiger partial charge in [0.15, 0.2) is 0 Å². The van der Waals surface area contributed by atoms with Gasteiger partial charge in [-0.2, -0.15) is 4.31 Å². The SMILES string of the molecule is CC(CCO)CN(CCC(OC(N)=O)C(O)c1ccccc1)S(=O)(=O)c1ccccc1. The lowest BCUT2D eigenvalue weighted by atomic mass is 10.0. The van der Waals surface area contributed by atoms with Gasteiger partial charge in [-0.15, -0.1) is 0 Å². The Kier molecular flexibility index (Phi) is 9.44. The van der Waals surface area contributed by atoms with Crippen molar-refractivity contribution < 1.29 is 28.2 Å². The maximum Gasteiger partial charge on any atom is 0.404 e. The molecule has 0 heterocycles. The number of rotatable bonds is 12. The number of carbonyl (C=O) groups is 1. The highest BCUT2D eigenvalue weighted by molar-refractivity contribution is 7.89. The first kappa shape index (κ1) is 24.8. The highest BCUT2D eigenvalue weighted by atomic mass is 32.2. The van der Waals surface area contributed by atoms with Gasteiger partial charge < -0.3 is 20.7 Å². The minimum absolute atomic E-state index is 0.00512. The van der Waals surface area contributed by atoms with Gasteiger partial charge in [0, 0.05) is 26.1 Å². The summed E-state index contributed by atoms with van der Waals surface area (Å²) in [7, 11) is -3.83. The molecule has 170 valence electrons. The highest BCUT2D eigenvalue weighted by Gasteiger charge is 2.30. The number of hydrogen-bond donors (Lipinski definition) is 3. The van der Waals surface area contributed by atoms with E-state index >= 15 is 0 Å². The van der Waals surface area contributed by atoms with E-state index in [0.717, 1.165) is 0 Å². The van der Waals surface area contributed by atoms with Crippen LogP contribution in [0.2, 0.25) is 0 Å². The summed E-state index contributed by atoms with van der Waals surface area (Å²) in [4.78, 5) is 11.5. The fourth-order valence-electron chi connectivity index (χ4n) is 3.28. The van der Waals surface area contributed by atoms with Crippen LogP contribution < -0.4 is 5.73 Å². The summed E-state index contributed by atoms with van der Waals surface area (Å²) in [6.45, 7) is 1.96. The summed E-state index contributed by atoms with van der Waals surface area (Å²) in [5, 5.41) is 19.9. The van der Waals surface area contributed by atoms with Crippen molar-refractivity contribution in [3.63, 3.8) is 0 Å². The Morgan fingerprint density at radius 1 is 1.06 bits per heavy atom. The van der Waals surface area contributed by atoms with Crippen LogP contribution >= 0.6 is 0 Å². The molecule has 0 fully saturated rings. The third-order valence-corrected chi connectivity index (χ3v) is 6.82. The summed E-state index contributed by atoms with van der Waals surface area (Å²) in [5.41, 5.74) is 5.71. The summed E-state index contributed by atoms with van der Waals surface area (Å²) >= 11 is 0. The van der Waals surface area contributed by atoms with E-state index in [1.54, 1.807) is 48.5 Å². The molecule has 3 atom stereocenters. The number of sulfonamides is 1. The average molecular weight is 451 g/mol. The molecule has 0 aliphatic rings. The van der Waals surface area contributed by atoms with Gasteiger partial charge in [0.25, 0.3) is 0 Å². The maximum atomic E-state index is 13.2. The molecule has 0 spiro atoms. The Balaban J connectivity index is 2.25. The second-order valence-electron chi connectivity index (χ2n) is 7.41. The van der Waals surface area contributed by atoms with Crippen molar-refractivity contribution in [1.29, 1.82) is 0 Å². The Labute approximate surface area is 183 Å². The van der Waals surface area contributed by atoms with Gasteiger partial charge in [0.2, 0.25) is 10.0 Å². The van der Waals surface area contributed by atoms with E-state index in [0.29, 0.717) is 12.0 Å². The molecule has 8 nitrogen and oxygen atoms in total. The molecule has 2 aromatic carbocycles. The first-order valence-corrected chi connectivity index (χ1v) is 11.5. The average Bonchev–Trinajstić information content (AvgIpc) is 2.76. The zero-order chi connectivity index (χ0) is 22.9. The molecule has 0 saturated heterocycles. The van der Waals surface area contributed by atoms with Crippen LogP contribution in [0.1, 0.15) is 31.4 Å². The topological polar surface area (TPSA) is 130 Å². The third-order valence-electron chi connectivity index (χ3n) is 4.94. The molecule has 4 N–H and O–H groups in total. The zero-order valence-corrected chi connectivity index (χ0v) is 18.3. The molecule has 0 saturated carbocycles. The predicted molar refractivity (Wildman–Crippen MR) is 117 cm³/mol. The predicted octanol–water partition coefficient (Wildman–Crippen LogP) is 2.28. The second kappa shape index (κ2) is 11.8. The molecule has 0 bridgehead atoms. The molecule has 2 rings (SSSR count). The number of benzene rings is 2. The number of hydrogen-bond acceptors (Lipinski definition) is 6. The van der Waals surface area contributed by atoms with E-state index < -0.39 is 28.3 Å². The maximum absolute atomic E-state index is 13.2. The van der Waals surface area contributed by atoms with Crippen LogP contribution in [0.3, 0.4) is 0 Å². The van der Waals surface area contributed by atoms with Crippen molar-refractivity contribution in [3.05, 3.63) is 66.2 Å². The fraction of sp³-hybridized carbons (Fsp3) is 0.409. The summed E-state index contributed by atoms with van der Waals surface area (Å²) in [6, 6.07) is 16.7. The van der Waals surface area contributed by atoms with E-state index in [-0.39, 0.29) is 36.9 Å². The standard InChI is InChI=1S/C22H30N2O6S/c1-17(13-15-25)16-24(31(28,29)19-10-6-3-7-11-19)14-12-20(30-22(23)27)21(26)18-8-4-2-5-9-18/h2-11,17,20-21,25-26H,12-16H2,1H3,(H2,23,27). The van der Waals surface area contributed by atoms with E-state index in [2.05, 4.69) is 0 Å². The number of ether oxygens (including phenoxy) is 1. The van der Waals surface area contributed by atoms with Gasteiger partial charge in [-0.3, -0.25) is 0 Å². The number of aliphatic hydroxyl groups is 2. The Morgan fingerprint density at radius 3 is 2.19 bits per heavy atom. The lowest BCUT2D eigenvalue weighted by molar-refractivity contribution is -0.00155. The van der Waals surface area contributed by atoms with Crippen molar-refractivity contribution in [2.45, 2.75) is 36.9 Å². The number of amides is 1. The quantitative estimate of drug-likeness (QED) is 0.455. The normalized spacial score (nSPS) is 14.7. The lowest BCUT2D eigenvalue weighted by Crippen LogP contribution is -2.39. The molecule has 0 aromatic heterocycles. The van der Waals surface area contributed by atoms with Crippen LogP contribution in [-0.4, -0.2) is 54.8 Å². The van der Waals surface area contributed by atoms with Crippen LogP contribution in [0, 0.1) is 5.92 Å². The molecule has 2 aromatic rings. The second-order valence-corrected chi connectivity index (χ2v) is 9.35. The highest BCUT2D eigenvalue weighted by Crippen LogP contribution is 2.24. The van der Waals surface area contributed by atoms with Crippen LogP contribution in [0.15, 0.2) is 65.6 Å².